The van der Waals surface area contributed by atoms with Crippen LogP contribution in [0, 0.1) is 5.82 Å². The van der Waals surface area contributed by atoms with E-state index in [1.807, 2.05) is 0 Å². The molecule has 1 unspecified atom stereocenters. The molecule has 1 aromatic carbocycles. The maximum atomic E-state index is 13.4. The third-order valence-corrected chi connectivity index (χ3v) is 3.81. The number of rotatable bonds is 5. The van der Waals surface area contributed by atoms with Gasteiger partial charge in [-0.15, -0.1) is 11.8 Å². The van der Waals surface area contributed by atoms with Gasteiger partial charge in [0.1, 0.15) is 17.2 Å². The van der Waals surface area contributed by atoms with E-state index in [9.17, 15) is 14.3 Å². The van der Waals surface area contributed by atoms with Gasteiger partial charge in [0.2, 0.25) is 0 Å². The number of amides is 1. The molecule has 0 aliphatic carbocycles. The van der Waals surface area contributed by atoms with Crippen molar-refractivity contribution in [3.63, 3.8) is 0 Å². The van der Waals surface area contributed by atoms with Crippen LogP contribution in [-0.4, -0.2) is 23.8 Å². The first-order valence-electron chi connectivity index (χ1n) is 6.32. The number of aliphatic hydroxyl groups is 1. The zero-order valence-corrected chi connectivity index (χ0v) is 12.5. The number of benzene rings is 1. The van der Waals surface area contributed by atoms with Crippen LogP contribution in [0.15, 0.2) is 45.9 Å². The van der Waals surface area contributed by atoms with Crippen LogP contribution >= 0.6 is 11.8 Å². The molecule has 1 aromatic heterocycles. The number of nitrogens with one attached hydrogen (secondary N) is 1. The number of hydrogen-bond donors (Lipinski definition) is 2. The van der Waals surface area contributed by atoms with E-state index in [0.29, 0.717) is 16.2 Å². The molecule has 0 aliphatic rings. The summed E-state index contributed by atoms with van der Waals surface area (Å²) in [7, 11) is 0. The van der Waals surface area contributed by atoms with Gasteiger partial charge in [-0.3, -0.25) is 4.79 Å². The van der Waals surface area contributed by atoms with E-state index in [2.05, 4.69) is 5.32 Å². The minimum absolute atomic E-state index is 0.00861. The van der Waals surface area contributed by atoms with E-state index in [1.165, 1.54) is 36.2 Å². The van der Waals surface area contributed by atoms with Gasteiger partial charge in [-0.05, 0) is 43.5 Å². The predicted molar refractivity (Wildman–Crippen MR) is 78.8 cm³/mol. The molecule has 0 saturated heterocycles. The van der Waals surface area contributed by atoms with Crippen molar-refractivity contribution < 1.29 is 18.7 Å². The second kappa shape index (κ2) is 6.32. The average Bonchev–Trinajstić information content (AvgIpc) is 3.00. The first-order valence-corrected chi connectivity index (χ1v) is 7.54. The number of carbonyl (C=O) groups is 1. The number of furan rings is 1. The maximum Gasteiger partial charge on any atom is 0.251 e. The summed E-state index contributed by atoms with van der Waals surface area (Å²) in [6, 6.07) is 7.45. The Morgan fingerprint density at radius 3 is 2.86 bits per heavy atom. The average molecular weight is 309 g/mol. The largest absolute Gasteiger partial charge is 0.466 e. The van der Waals surface area contributed by atoms with Crippen LogP contribution in [0.25, 0.3) is 0 Å². The lowest BCUT2D eigenvalue weighted by molar-refractivity contribution is 0.0330. The summed E-state index contributed by atoms with van der Waals surface area (Å²) >= 11 is 1.23. The molecule has 0 radical (unpaired) electrons. The van der Waals surface area contributed by atoms with Crippen LogP contribution in [0.4, 0.5) is 4.39 Å². The molecule has 2 N–H and O–H groups in total. The van der Waals surface area contributed by atoms with Crippen molar-refractivity contribution in [3.05, 3.63) is 53.7 Å². The van der Waals surface area contributed by atoms with Gasteiger partial charge in [0.05, 0.1) is 12.8 Å². The first kappa shape index (κ1) is 15.6. The van der Waals surface area contributed by atoms with Crippen molar-refractivity contribution in [1.29, 1.82) is 0 Å². The lowest BCUT2D eigenvalue weighted by Crippen LogP contribution is -2.38. The second-order valence-corrected chi connectivity index (χ2v) is 5.63. The summed E-state index contributed by atoms with van der Waals surface area (Å²) < 4.78 is 18.5. The second-order valence-electron chi connectivity index (χ2n) is 4.78. The van der Waals surface area contributed by atoms with Crippen molar-refractivity contribution >= 4 is 17.7 Å². The maximum absolute atomic E-state index is 13.4. The van der Waals surface area contributed by atoms with E-state index >= 15 is 0 Å². The monoisotopic (exact) mass is 309 g/mol. The third-order valence-electron chi connectivity index (χ3n) is 3.06. The summed E-state index contributed by atoms with van der Waals surface area (Å²) in [5.41, 5.74) is -0.961. The Morgan fingerprint density at radius 1 is 1.48 bits per heavy atom. The zero-order chi connectivity index (χ0) is 15.5. The van der Waals surface area contributed by atoms with E-state index in [0.717, 1.165) is 0 Å². The lowest BCUT2D eigenvalue weighted by atomic mass is 10.0. The van der Waals surface area contributed by atoms with Crippen LogP contribution in [-0.2, 0) is 5.60 Å². The summed E-state index contributed by atoms with van der Waals surface area (Å²) in [6.07, 6.45) is 3.19. The molecule has 0 spiro atoms. The van der Waals surface area contributed by atoms with Gasteiger partial charge in [0.15, 0.2) is 0 Å². The molecule has 6 heteroatoms. The molecular formula is C15H16FNO3S. The molecule has 0 bridgehead atoms. The van der Waals surface area contributed by atoms with Crippen molar-refractivity contribution in [1.82, 2.24) is 5.32 Å². The molecule has 0 aliphatic heterocycles. The molecule has 1 amide bonds. The van der Waals surface area contributed by atoms with Gasteiger partial charge in [-0.25, -0.2) is 4.39 Å². The molecule has 21 heavy (non-hydrogen) atoms. The zero-order valence-electron chi connectivity index (χ0n) is 11.7. The van der Waals surface area contributed by atoms with Gasteiger partial charge < -0.3 is 14.8 Å². The molecule has 2 rings (SSSR count). The third kappa shape index (κ3) is 3.65. The number of carbonyl (C=O) groups excluding carboxylic acids is 1. The number of halogens is 1. The summed E-state index contributed by atoms with van der Waals surface area (Å²) in [6.45, 7) is 1.54. The Morgan fingerprint density at radius 2 is 2.24 bits per heavy atom. The summed E-state index contributed by atoms with van der Waals surface area (Å²) in [4.78, 5) is 12.5. The predicted octanol–water partition coefficient (Wildman–Crippen LogP) is 2.78. The standard InChI is InChI=1S/C15H16FNO3S/c1-15(19,13-4-3-7-20-13)9-17-14(18)10-5-6-11(16)12(8-10)21-2/h3-8,19H,9H2,1-2H3,(H,17,18). The molecule has 112 valence electrons. The Hall–Kier alpha value is -1.79. The molecule has 1 heterocycles. The van der Waals surface area contributed by atoms with E-state index < -0.39 is 5.60 Å². The van der Waals surface area contributed by atoms with Crippen LogP contribution in [0.2, 0.25) is 0 Å². The van der Waals surface area contributed by atoms with Crippen LogP contribution in [0.1, 0.15) is 23.0 Å². The normalized spacial score (nSPS) is 13.7. The molecule has 2 aromatic rings. The minimum Gasteiger partial charge on any atom is -0.466 e. The quantitative estimate of drug-likeness (QED) is 0.834. The molecule has 0 fully saturated rings. The SMILES string of the molecule is CSc1cc(C(=O)NCC(C)(O)c2ccco2)ccc1F. The fourth-order valence-electron chi connectivity index (χ4n) is 1.83. The van der Waals surface area contributed by atoms with Gasteiger partial charge in [-0.2, -0.15) is 0 Å². The topological polar surface area (TPSA) is 62.5 Å². The minimum atomic E-state index is -1.30. The fraction of sp³-hybridized carbons (Fsp3) is 0.267. The van der Waals surface area contributed by atoms with Gasteiger partial charge >= 0.3 is 0 Å². The Kier molecular flexibility index (Phi) is 4.69. The van der Waals surface area contributed by atoms with Crippen LogP contribution in [0.3, 0.4) is 0 Å². The summed E-state index contributed by atoms with van der Waals surface area (Å²) in [5.74, 6) is -0.370. The molecule has 1 atom stereocenters. The summed E-state index contributed by atoms with van der Waals surface area (Å²) in [5, 5.41) is 12.9. The number of hydrogen-bond acceptors (Lipinski definition) is 4. The molecule has 4 nitrogen and oxygen atoms in total. The van der Waals surface area contributed by atoms with Crippen molar-refractivity contribution in [3.8, 4) is 0 Å². The first-order chi connectivity index (χ1) is 9.94. The van der Waals surface area contributed by atoms with Gasteiger partial charge in [0.25, 0.3) is 5.91 Å². The highest BCUT2D eigenvalue weighted by molar-refractivity contribution is 7.98. The fourth-order valence-corrected chi connectivity index (χ4v) is 2.34. The highest BCUT2D eigenvalue weighted by Gasteiger charge is 2.27. The smallest absolute Gasteiger partial charge is 0.251 e. The highest BCUT2D eigenvalue weighted by Crippen LogP contribution is 2.22. The molecular weight excluding hydrogens is 293 g/mol. The van der Waals surface area contributed by atoms with E-state index in [4.69, 9.17) is 4.42 Å². The Balaban J connectivity index is 2.05. The van der Waals surface area contributed by atoms with E-state index in [-0.39, 0.29) is 18.3 Å². The van der Waals surface area contributed by atoms with Crippen molar-refractivity contribution in [2.45, 2.75) is 17.4 Å². The van der Waals surface area contributed by atoms with Crippen molar-refractivity contribution in [2.24, 2.45) is 0 Å². The van der Waals surface area contributed by atoms with Gasteiger partial charge in [0, 0.05) is 10.5 Å². The van der Waals surface area contributed by atoms with Crippen molar-refractivity contribution in [2.75, 3.05) is 12.8 Å². The van der Waals surface area contributed by atoms with Crippen LogP contribution in [0.5, 0.6) is 0 Å². The number of thioether (sulfide) groups is 1. The van der Waals surface area contributed by atoms with E-state index in [1.54, 1.807) is 25.3 Å². The Bertz CT molecular complexity index is 626. The highest BCUT2D eigenvalue weighted by atomic mass is 32.2. The molecule has 0 saturated carbocycles. The van der Waals surface area contributed by atoms with Gasteiger partial charge in [-0.1, -0.05) is 0 Å². The Labute approximate surface area is 126 Å². The lowest BCUT2D eigenvalue weighted by Gasteiger charge is -2.21. The van der Waals surface area contributed by atoms with Crippen LogP contribution < -0.4 is 5.32 Å².